The van der Waals surface area contributed by atoms with Gasteiger partial charge in [-0.15, -0.1) is 0 Å². The number of rotatable bonds is 2. The van der Waals surface area contributed by atoms with Gasteiger partial charge in [-0.1, -0.05) is 6.92 Å². The van der Waals surface area contributed by atoms with Gasteiger partial charge in [-0.3, -0.25) is 0 Å². The second-order valence-electron chi connectivity index (χ2n) is 2.73. The quantitative estimate of drug-likeness (QED) is 0.594. The molecule has 0 heterocycles. The van der Waals surface area contributed by atoms with E-state index in [1.165, 1.54) is 0 Å². The zero-order chi connectivity index (χ0) is 7.71. The molecule has 0 aromatic rings. The Hall–Kier alpha value is -0.0500. The van der Waals surface area contributed by atoms with Crippen LogP contribution in [0.25, 0.3) is 0 Å². The summed E-state index contributed by atoms with van der Waals surface area (Å²) in [4.78, 5) is 0. The SMILES string of the molecule is [CH2]S(=O)(=O)C(C)(C)CC. The highest BCUT2D eigenvalue weighted by molar-refractivity contribution is 7.93. The van der Waals surface area contributed by atoms with Gasteiger partial charge in [0.25, 0.3) is 0 Å². The summed E-state index contributed by atoms with van der Waals surface area (Å²) in [6, 6.07) is 0. The summed E-state index contributed by atoms with van der Waals surface area (Å²) in [6.07, 6.45) is 3.70. The van der Waals surface area contributed by atoms with E-state index in [4.69, 9.17) is 0 Å². The van der Waals surface area contributed by atoms with E-state index in [2.05, 4.69) is 6.26 Å². The fourth-order valence-electron chi connectivity index (χ4n) is 0.220. The summed E-state index contributed by atoms with van der Waals surface area (Å²) in [5.74, 6) is 0. The van der Waals surface area contributed by atoms with Gasteiger partial charge in [-0.05, 0) is 20.3 Å². The molecule has 0 atom stereocenters. The predicted molar refractivity (Wildman–Crippen MR) is 38.6 cm³/mol. The van der Waals surface area contributed by atoms with Gasteiger partial charge in [-0.25, -0.2) is 8.42 Å². The molecule has 0 aromatic carbocycles. The molecule has 1 radical (unpaired) electrons. The van der Waals surface area contributed by atoms with Gasteiger partial charge in [0.15, 0.2) is 9.84 Å². The Morgan fingerprint density at radius 3 is 1.78 bits per heavy atom. The Labute approximate surface area is 57.2 Å². The molecule has 0 aliphatic rings. The lowest BCUT2D eigenvalue weighted by Crippen LogP contribution is -2.28. The highest BCUT2D eigenvalue weighted by Crippen LogP contribution is 2.19. The van der Waals surface area contributed by atoms with Gasteiger partial charge in [0, 0.05) is 0 Å². The van der Waals surface area contributed by atoms with Crippen molar-refractivity contribution in [2.24, 2.45) is 0 Å². The average molecular weight is 149 g/mol. The standard InChI is InChI=1S/C6H13O2S/c1-5-6(2,3)9(4,7)8/h4-5H2,1-3H3. The molecular weight excluding hydrogens is 136 g/mol. The molecule has 0 saturated carbocycles. The normalized spacial score (nSPS) is 13.8. The van der Waals surface area contributed by atoms with Crippen LogP contribution in [-0.2, 0) is 9.84 Å². The van der Waals surface area contributed by atoms with Crippen molar-refractivity contribution in [3.05, 3.63) is 6.26 Å². The van der Waals surface area contributed by atoms with Crippen molar-refractivity contribution in [3.8, 4) is 0 Å². The molecule has 0 rings (SSSR count). The maximum absolute atomic E-state index is 10.8. The lowest BCUT2D eigenvalue weighted by Gasteiger charge is -2.18. The minimum Gasteiger partial charge on any atom is -0.228 e. The van der Waals surface area contributed by atoms with Crippen LogP contribution in [0.1, 0.15) is 27.2 Å². The third-order valence-electron chi connectivity index (χ3n) is 1.69. The molecule has 55 valence electrons. The minimum absolute atomic E-state index is 0.610. The van der Waals surface area contributed by atoms with Crippen LogP contribution in [-0.4, -0.2) is 13.2 Å². The second-order valence-corrected chi connectivity index (χ2v) is 5.06. The zero-order valence-electron chi connectivity index (χ0n) is 6.14. The molecule has 2 nitrogen and oxygen atoms in total. The lowest BCUT2D eigenvalue weighted by atomic mass is 10.1. The highest BCUT2D eigenvalue weighted by Gasteiger charge is 2.27. The predicted octanol–water partition coefficient (Wildman–Crippen LogP) is 1.38. The Balaban J connectivity index is 4.56. The first-order valence-corrected chi connectivity index (χ1v) is 4.54. The maximum Gasteiger partial charge on any atom is 0.156 e. The van der Waals surface area contributed by atoms with E-state index >= 15 is 0 Å². The topological polar surface area (TPSA) is 34.1 Å². The molecule has 0 bridgehead atoms. The third-order valence-corrected chi connectivity index (χ3v) is 3.67. The van der Waals surface area contributed by atoms with Gasteiger partial charge in [-0.2, -0.15) is 0 Å². The number of hydrogen-bond acceptors (Lipinski definition) is 2. The van der Waals surface area contributed by atoms with Crippen molar-refractivity contribution in [2.45, 2.75) is 31.9 Å². The summed E-state index contributed by atoms with van der Waals surface area (Å²) in [6.45, 7) is 5.19. The number of hydrogen-bond donors (Lipinski definition) is 0. The van der Waals surface area contributed by atoms with Gasteiger partial charge in [0.2, 0.25) is 0 Å². The first-order valence-electron chi connectivity index (χ1n) is 2.89. The first kappa shape index (κ1) is 8.95. The van der Waals surface area contributed by atoms with Crippen molar-refractivity contribution < 1.29 is 8.42 Å². The summed E-state index contributed by atoms with van der Waals surface area (Å²) in [5.41, 5.74) is 0. The largest absolute Gasteiger partial charge is 0.228 e. The molecule has 0 aliphatic heterocycles. The molecule has 0 fully saturated rings. The fraction of sp³-hybridized carbons (Fsp3) is 0.833. The van der Waals surface area contributed by atoms with Crippen molar-refractivity contribution >= 4 is 9.84 Å². The van der Waals surface area contributed by atoms with Gasteiger partial charge < -0.3 is 0 Å². The fourth-order valence-corrected chi connectivity index (χ4v) is 0.660. The van der Waals surface area contributed by atoms with E-state index in [9.17, 15) is 8.42 Å². The molecule has 0 saturated heterocycles. The van der Waals surface area contributed by atoms with Crippen LogP contribution in [0.5, 0.6) is 0 Å². The van der Waals surface area contributed by atoms with E-state index in [0.29, 0.717) is 6.42 Å². The van der Waals surface area contributed by atoms with Gasteiger partial charge in [0.05, 0.1) is 11.0 Å². The van der Waals surface area contributed by atoms with Gasteiger partial charge in [0.1, 0.15) is 0 Å². The van der Waals surface area contributed by atoms with Crippen LogP contribution in [0.3, 0.4) is 0 Å². The Morgan fingerprint density at radius 2 is 1.78 bits per heavy atom. The van der Waals surface area contributed by atoms with Crippen molar-refractivity contribution in [2.75, 3.05) is 0 Å². The molecule has 0 spiro atoms. The summed E-state index contributed by atoms with van der Waals surface area (Å²) >= 11 is 0. The van der Waals surface area contributed by atoms with Crippen molar-refractivity contribution in [1.82, 2.24) is 0 Å². The maximum atomic E-state index is 10.8. The van der Waals surface area contributed by atoms with Crippen LogP contribution in [0.15, 0.2) is 0 Å². The number of sulfone groups is 1. The zero-order valence-corrected chi connectivity index (χ0v) is 6.96. The van der Waals surface area contributed by atoms with Crippen LogP contribution in [0, 0.1) is 6.26 Å². The van der Waals surface area contributed by atoms with Crippen molar-refractivity contribution in [3.63, 3.8) is 0 Å². The molecule has 3 heteroatoms. The Bertz CT molecular complexity index is 177. The van der Waals surface area contributed by atoms with E-state index in [1.54, 1.807) is 13.8 Å². The monoisotopic (exact) mass is 149 g/mol. The van der Waals surface area contributed by atoms with Crippen LogP contribution in [0.4, 0.5) is 0 Å². The molecule has 0 aromatic heterocycles. The summed E-state index contributed by atoms with van der Waals surface area (Å²) in [5, 5.41) is 0. The summed E-state index contributed by atoms with van der Waals surface area (Å²) in [7, 11) is -3.10. The molecule has 0 aliphatic carbocycles. The summed E-state index contributed by atoms with van der Waals surface area (Å²) < 4.78 is 20.9. The lowest BCUT2D eigenvalue weighted by molar-refractivity contribution is 0.547. The molecule has 9 heavy (non-hydrogen) atoms. The molecule has 0 amide bonds. The van der Waals surface area contributed by atoms with Crippen molar-refractivity contribution in [1.29, 1.82) is 0 Å². The average Bonchev–Trinajstić information content (AvgIpc) is 1.64. The first-order chi connectivity index (χ1) is 3.81. The van der Waals surface area contributed by atoms with E-state index < -0.39 is 14.6 Å². The molecule has 0 unspecified atom stereocenters. The van der Waals surface area contributed by atoms with E-state index in [0.717, 1.165) is 0 Å². The van der Waals surface area contributed by atoms with E-state index in [-0.39, 0.29) is 0 Å². The van der Waals surface area contributed by atoms with Crippen LogP contribution >= 0.6 is 0 Å². The highest BCUT2D eigenvalue weighted by atomic mass is 32.2. The third kappa shape index (κ3) is 1.97. The Morgan fingerprint density at radius 1 is 1.44 bits per heavy atom. The van der Waals surface area contributed by atoms with Crippen LogP contribution < -0.4 is 0 Å². The molecule has 0 N–H and O–H groups in total. The van der Waals surface area contributed by atoms with Crippen LogP contribution in [0.2, 0.25) is 0 Å². The van der Waals surface area contributed by atoms with Gasteiger partial charge >= 0.3 is 0 Å². The van der Waals surface area contributed by atoms with E-state index in [1.807, 2.05) is 6.92 Å². The smallest absolute Gasteiger partial charge is 0.156 e. The minimum atomic E-state index is -3.10. The Kier molecular flexibility index (Phi) is 2.28. The second kappa shape index (κ2) is 2.29. The molecular formula is C6H13O2S.